The van der Waals surface area contributed by atoms with Gasteiger partial charge in [-0.15, -0.1) is 0 Å². The molecule has 1 aliphatic rings. The van der Waals surface area contributed by atoms with Gasteiger partial charge in [0.1, 0.15) is 11.6 Å². The molecular formula is C19H24N6O. The van der Waals surface area contributed by atoms with Crippen molar-refractivity contribution in [3.05, 3.63) is 42.7 Å². The van der Waals surface area contributed by atoms with Gasteiger partial charge in [0.15, 0.2) is 5.65 Å². The van der Waals surface area contributed by atoms with E-state index in [1.165, 1.54) is 0 Å². The van der Waals surface area contributed by atoms with E-state index in [0.717, 1.165) is 54.5 Å². The number of rotatable bonds is 5. The number of nitrogens with zero attached hydrogens (tertiary/aromatic N) is 4. The molecule has 3 aromatic rings. The zero-order chi connectivity index (χ0) is 17.9. The first kappa shape index (κ1) is 16.7. The highest BCUT2D eigenvalue weighted by atomic mass is 16.5. The third-order valence-corrected chi connectivity index (χ3v) is 4.57. The molecule has 7 nitrogen and oxygen atoms in total. The van der Waals surface area contributed by atoms with Crippen LogP contribution >= 0.6 is 0 Å². The van der Waals surface area contributed by atoms with Crippen LogP contribution in [0.1, 0.15) is 19.8 Å². The summed E-state index contributed by atoms with van der Waals surface area (Å²) in [5.74, 6) is 1.79. The minimum absolute atomic E-state index is 0.211. The molecule has 1 fully saturated rings. The molecule has 2 aromatic heterocycles. The van der Waals surface area contributed by atoms with Crippen LogP contribution in [-0.4, -0.2) is 40.3 Å². The highest BCUT2D eigenvalue weighted by Crippen LogP contribution is 2.25. The molecule has 1 aromatic carbocycles. The first-order valence-electron chi connectivity index (χ1n) is 9.08. The van der Waals surface area contributed by atoms with Crippen LogP contribution in [0.15, 0.2) is 42.7 Å². The van der Waals surface area contributed by atoms with Gasteiger partial charge < -0.3 is 20.7 Å². The van der Waals surface area contributed by atoms with Crippen molar-refractivity contribution >= 4 is 22.8 Å². The van der Waals surface area contributed by atoms with Crippen LogP contribution in [-0.2, 0) is 0 Å². The average molecular weight is 352 g/mol. The van der Waals surface area contributed by atoms with Gasteiger partial charge in [-0.2, -0.15) is 5.10 Å². The smallest absolute Gasteiger partial charge is 0.179 e. The van der Waals surface area contributed by atoms with E-state index >= 15 is 0 Å². The first-order chi connectivity index (χ1) is 12.7. The fourth-order valence-electron chi connectivity index (χ4n) is 3.31. The Morgan fingerprint density at radius 1 is 1.27 bits per heavy atom. The lowest BCUT2D eigenvalue weighted by molar-refractivity contribution is 0.340. The van der Waals surface area contributed by atoms with Crippen LogP contribution in [0.5, 0.6) is 5.75 Å². The molecule has 0 saturated carbocycles. The maximum Gasteiger partial charge on any atom is 0.179 e. The number of aromatic nitrogens is 3. The summed E-state index contributed by atoms with van der Waals surface area (Å²) >= 11 is 0. The molecule has 7 heteroatoms. The van der Waals surface area contributed by atoms with E-state index in [1.54, 1.807) is 6.20 Å². The average Bonchev–Trinajstić information content (AvgIpc) is 3.09. The van der Waals surface area contributed by atoms with E-state index in [0.29, 0.717) is 6.61 Å². The third kappa shape index (κ3) is 3.43. The van der Waals surface area contributed by atoms with Gasteiger partial charge in [0, 0.05) is 24.8 Å². The highest BCUT2D eigenvalue weighted by Gasteiger charge is 2.20. The third-order valence-electron chi connectivity index (χ3n) is 4.57. The lowest BCUT2D eigenvalue weighted by atomic mass is 10.1. The molecule has 1 atom stereocenters. The van der Waals surface area contributed by atoms with E-state index < -0.39 is 0 Å². The summed E-state index contributed by atoms with van der Waals surface area (Å²) in [6, 6.07) is 10.0. The zero-order valence-corrected chi connectivity index (χ0v) is 14.9. The number of hydrogen-bond acceptors (Lipinski definition) is 6. The molecule has 4 rings (SSSR count). The standard InChI is InChI=1S/C19H24N6O/c1-2-26-16-7-5-15(6-8-16)22-17-9-10-21-25-13-18(23-19(17)25)24-11-3-4-14(20)12-24/h5-10,13-14,22H,2-4,11-12,20H2,1H3. The SMILES string of the molecule is CCOc1ccc(Nc2ccnn3cc(N4CCCC(N)C4)nc23)cc1. The van der Waals surface area contributed by atoms with Crippen molar-refractivity contribution in [2.75, 3.05) is 29.9 Å². The van der Waals surface area contributed by atoms with Gasteiger partial charge in [-0.25, -0.2) is 9.50 Å². The molecule has 26 heavy (non-hydrogen) atoms. The molecule has 1 unspecified atom stereocenters. The van der Waals surface area contributed by atoms with E-state index in [9.17, 15) is 0 Å². The van der Waals surface area contributed by atoms with Crippen molar-refractivity contribution in [2.45, 2.75) is 25.8 Å². The number of imidazole rings is 1. The van der Waals surface area contributed by atoms with E-state index in [4.69, 9.17) is 15.5 Å². The molecule has 0 amide bonds. The maximum atomic E-state index is 6.11. The van der Waals surface area contributed by atoms with Crippen molar-refractivity contribution in [1.82, 2.24) is 14.6 Å². The van der Waals surface area contributed by atoms with Crippen LogP contribution in [0, 0.1) is 0 Å². The number of nitrogens with one attached hydrogen (secondary N) is 1. The number of piperidine rings is 1. The Balaban J connectivity index is 1.59. The predicted octanol–water partition coefficient (Wildman–Crippen LogP) is 2.80. The first-order valence-corrected chi connectivity index (χ1v) is 9.08. The topological polar surface area (TPSA) is 80.7 Å². The predicted molar refractivity (Wildman–Crippen MR) is 103 cm³/mol. The second kappa shape index (κ2) is 7.21. The van der Waals surface area contributed by atoms with Gasteiger partial charge in [-0.05, 0) is 50.1 Å². The Bertz CT molecular complexity index is 875. The van der Waals surface area contributed by atoms with Crippen molar-refractivity contribution in [3.63, 3.8) is 0 Å². The van der Waals surface area contributed by atoms with Crippen LogP contribution in [0.25, 0.3) is 5.65 Å². The summed E-state index contributed by atoms with van der Waals surface area (Å²) < 4.78 is 7.30. The number of ether oxygens (including phenoxy) is 1. The molecule has 3 N–H and O–H groups in total. The monoisotopic (exact) mass is 352 g/mol. The Morgan fingerprint density at radius 3 is 2.88 bits per heavy atom. The minimum Gasteiger partial charge on any atom is -0.494 e. The number of benzene rings is 1. The molecule has 3 heterocycles. The van der Waals surface area contributed by atoms with Gasteiger partial charge in [0.25, 0.3) is 0 Å². The maximum absolute atomic E-state index is 6.11. The lowest BCUT2D eigenvalue weighted by Gasteiger charge is -2.30. The van der Waals surface area contributed by atoms with Crippen LogP contribution in [0.2, 0.25) is 0 Å². The zero-order valence-electron chi connectivity index (χ0n) is 14.9. The summed E-state index contributed by atoms with van der Waals surface area (Å²) in [6.07, 6.45) is 5.92. The van der Waals surface area contributed by atoms with Crippen molar-refractivity contribution < 1.29 is 4.74 Å². The van der Waals surface area contributed by atoms with Gasteiger partial charge in [-0.1, -0.05) is 0 Å². The van der Waals surface area contributed by atoms with Crippen molar-refractivity contribution in [1.29, 1.82) is 0 Å². The number of hydrogen-bond donors (Lipinski definition) is 2. The second-order valence-corrected chi connectivity index (χ2v) is 6.54. The number of fused-ring (bicyclic) bond motifs is 1. The van der Waals surface area contributed by atoms with Crippen LogP contribution < -0.4 is 20.7 Å². The van der Waals surface area contributed by atoms with E-state index in [2.05, 4.69) is 15.3 Å². The molecule has 1 aliphatic heterocycles. The normalized spacial score (nSPS) is 17.5. The summed E-state index contributed by atoms with van der Waals surface area (Å²) in [7, 11) is 0. The molecule has 0 spiro atoms. The number of anilines is 3. The summed E-state index contributed by atoms with van der Waals surface area (Å²) in [4.78, 5) is 7.04. The highest BCUT2D eigenvalue weighted by molar-refractivity contribution is 5.74. The van der Waals surface area contributed by atoms with E-state index in [-0.39, 0.29) is 6.04 Å². The van der Waals surface area contributed by atoms with Crippen molar-refractivity contribution in [3.8, 4) is 5.75 Å². The molecular weight excluding hydrogens is 328 g/mol. The van der Waals surface area contributed by atoms with E-state index in [1.807, 2.05) is 48.0 Å². The van der Waals surface area contributed by atoms with Gasteiger partial charge in [-0.3, -0.25) is 0 Å². The quantitative estimate of drug-likeness (QED) is 0.735. The molecule has 136 valence electrons. The second-order valence-electron chi connectivity index (χ2n) is 6.54. The summed E-state index contributed by atoms with van der Waals surface area (Å²) in [5, 5.41) is 7.81. The molecule has 0 bridgehead atoms. The Hall–Kier alpha value is -2.80. The molecule has 0 radical (unpaired) electrons. The minimum atomic E-state index is 0.211. The van der Waals surface area contributed by atoms with Gasteiger partial charge in [0.05, 0.1) is 24.7 Å². The van der Waals surface area contributed by atoms with Gasteiger partial charge >= 0.3 is 0 Å². The fraction of sp³-hybridized carbons (Fsp3) is 0.368. The Kier molecular flexibility index (Phi) is 4.62. The largest absolute Gasteiger partial charge is 0.494 e. The molecule has 0 aliphatic carbocycles. The van der Waals surface area contributed by atoms with Gasteiger partial charge in [0.2, 0.25) is 0 Å². The summed E-state index contributed by atoms with van der Waals surface area (Å²) in [6.45, 7) is 4.46. The molecule has 1 saturated heterocycles. The Morgan fingerprint density at radius 2 is 2.12 bits per heavy atom. The fourth-order valence-corrected chi connectivity index (χ4v) is 3.31. The summed E-state index contributed by atoms with van der Waals surface area (Å²) in [5.41, 5.74) is 8.80. The van der Waals surface area contributed by atoms with Crippen LogP contribution in [0.3, 0.4) is 0 Å². The lowest BCUT2D eigenvalue weighted by Crippen LogP contribution is -2.43. The van der Waals surface area contributed by atoms with Crippen LogP contribution in [0.4, 0.5) is 17.2 Å². The Labute approximate surface area is 152 Å². The van der Waals surface area contributed by atoms with Crippen molar-refractivity contribution in [2.24, 2.45) is 5.73 Å². The number of nitrogens with two attached hydrogens (primary N) is 1.